The van der Waals surface area contributed by atoms with Crippen molar-refractivity contribution in [3.63, 3.8) is 0 Å². The van der Waals surface area contributed by atoms with Gasteiger partial charge in [-0.05, 0) is 49.9 Å². The summed E-state index contributed by atoms with van der Waals surface area (Å²) in [6, 6.07) is 7.34. The van der Waals surface area contributed by atoms with Crippen LogP contribution in [0.15, 0.2) is 30.6 Å². The summed E-state index contributed by atoms with van der Waals surface area (Å²) >= 11 is 1.54. The van der Waals surface area contributed by atoms with E-state index in [1.165, 1.54) is 6.42 Å². The maximum atomic E-state index is 13.2. The predicted octanol–water partition coefficient (Wildman–Crippen LogP) is 4.50. The highest BCUT2D eigenvalue weighted by molar-refractivity contribution is 7.19. The van der Waals surface area contributed by atoms with Gasteiger partial charge in [-0.2, -0.15) is 0 Å². The Kier molecular flexibility index (Phi) is 5.17. The van der Waals surface area contributed by atoms with E-state index in [1.54, 1.807) is 24.8 Å². The van der Waals surface area contributed by atoms with E-state index in [2.05, 4.69) is 27.1 Å². The monoisotopic (exact) mass is 396 g/mol. The Morgan fingerprint density at radius 1 is 1.29 bits per heavy atom. The molecule has 1 N–H and O–H groups in total. The van der Waals surface area contributed by atoms with Crippen LogP contribution >= 0.6 is 11.3 Å². The number of hydrogen-bond donors (Lipinski definition) is 1. The van der Waals surface area contributed by atoms with Gasteiger partial charge in [0.15, 0.2) is 0 Å². The van der Waals surface area contributed by atoms with Crippen molar-refractivity contribution in [3.8, 4) is 5.75 Å². The minimum Gasteiger partial charge on any atom is -0.497 e. The average Bonchev–Trinajstić information content (AvgIpc) is 3.04. The number of carbonyl (C=O) groups is 1. The first-order valence-electron chi connectivity index (χ1n) is 9.51. The minimum absolute atomic E-state index is 0.130. The Hall–Kier alpha value is -2.67. The summed E-state index contributed by atoms with van der Waals surface area (Å²) in [5.74, 6) is 2.12. The number of benzene rings is 1. The highest BCUT2D eigenvalue weighted by Crippen LogP contribution is 2.36. The minimum atomic E-state index is -0.130. The molecule has 1 fully saturated rings. The largest absolute Gasteiger partial charge is 0.497 e. The first-order valence-corrected chi connectivity index (χ1v) is 10.3. The van der Waals surface area contributed by atoms with Crippen LogP contribution in [-0.4, -0.2) is 36.1 Å². The fraction of sp³-hybridized carbons (Fsp3) is 0.381. The number of amides is 1. The maximum absolute atomic E-state index is 13.2. The number of hydrogen-bond acceptors (Lipinski definition) is 6. The summed E-state index contributed by atoms with van der Waals surface area (Å²) in [4.78, 5) is 26.3. The highest BCUT2D eigenvalue weighted by atomic mass is 32.1. The number of carbonyl (C=O) groups excluding carboxylic acids is 1. The van der Waals surface area contributed by atoms with Crippen LogP contribution in [-0.2, 0) is 0 Å². The van der Waals surface area contributed by atoms with Crippen molar-refractivity contribution in [2.75, 3.05) is 30.4 Å². The number of piperidine rings is 1. The molecule has 1 atom stereocenters. The zero-order valence-corrected chi connectivity index (χ0v) is 17.2. The van der Waals surface area contributed by atoms with E-state index < -0.39 is 0 Å². The van der Waals surface area contributed by atoms with Crippen LogP contribution in [0.1, 0.15) is 35.0 Å². The van der Waals surface area contributed by atoms with Gasteiger partial charge >= 0.3 is 0 Å². The lowest BCUT2D eigenvalue weighted by Gasteiger charge is -2.32. The van der Waals surface area contributed by atoms with Crippen LogP contribution in [0.3, 0.4) is 0 Å². The number of rotatable bonds is 4. The number of nitrogens with zero attached hydrogens (tertiary/aromatic N) is 3. The number of nitrogens with one attached hydrogen (secondary N) is 1. The number of aromatic nitrogens is 2. The van der Waals surface area contributed by atoms with E-state index in [1.807, 2.05) is 31.2 Å². The number of fused-ring (bicyclic) bond motifs is 1. The van der Waals surface area contributed by atoms with Crippen LogP contribution in [0, 0.1) is 12.8 Å². The molecule has 7 heteroatoms. The fourth-order valence-corrected chi connectivity index (χ4v) is 4.77. The molecule has 146 valence electrons. The molecular weight excluding hydrogens is 372 g/mol. The summed E-state index contributed by atoms with van der Waals surface area (Å²) in [5, 5.41) is 3.87. The third kappa shape index (κ3) is 3.54. The first-order chi connectivity index (χ1) is 13.6. The molecule has 1 aliphatic rings. The smallest absolute Gasteiger partial charge is 0.257 e. The molecule has 4 rings (SSSR count). The second-order valence-electron chi connectivity index (χ2n) is 7.29. The van der Waals surface area contributed by atoms with Gasteiger partial charge in [0.2, 0.25) is 0 Å². The van der Waals surface area contributed by atoms with E-state index in [-0.39, 0.29) is 5.91 Å². The van der Waals surface area contributed by atoms with Crippen LogP contribution in [0.4, 0.5) is 11.5 Å². The van der Waals surface area contributed by atoms with Crippen molar-refractivity contribution < 1.29 is 9.53 Å². The molecule has 0 bridgehead atoms. The van der Waals surface area contributed by atoms with E-state index in [4.69, 9.17) is 4.74 Å². The van der Waals surface area contributed by atoms with Crippen molar-refractivity contribution in [1.82, 2.24) is 9.97 Å². The molecule has 0 radical (unpaired) electrons. The first kappa shape index (κ1) is 18.7. The molecule has 3 aromatic rings. The molecule has 1 unspecified atom stereocenters. The Morgan fingerprint density at radius 2 is 2.07 bits per heavy atom. The van der Waals surface area contributed by atoms with Gasteiger partial charge in [0.1, 0.15) is 22.7 Å². The predicted molar refractivity (Wildman–Crippen MR) is 114 cm³/mol. The van der Waals surface area contributed by atoms with Crippen LogP contribution < -0.4 is 15.0 Å². The Balaban J connectivity index is 1.71. The number of aryl methyl sites for hydroxylation is 1. The van der Waals surface area contributed by atoms with Gasteiger partial charge in [-0.25, -0.2) is 9.97 Å². The fourth-order valence-electron chi connectivity index (χ4n) is 3.79. The van der Waals surface area contributed by atoms with E-state index >= 15 is 0 Å². The molecule has 0 spiro atoms. The number of methoxy groups -OCH3 is 1. The van der Waals surface area contributed by atoms with Crippen molar-refractivity contribution in [2.24, 2.45) is 5.92 Å². The Morgan fingerprint density at radius 3 is 2.79 bits per heavy atom. The van der Waals surface area contributed by atoms with Gasteiger partial charge in [0.25, 0.3) is 5.91 Å². The van der Waals surface area contributed by atoms with Crippen molar-refractivity contribution in [2.45, 2.75) is 26.7 Å². The van der Waals surface area contributed by atoms with Gasteiger partial charge in [0, 0.05) is 23.7 Å². The molecule has 3 heterocycles. The summed E-state index contributed by atoms with van der Waals surface area (Å²) in [6.45, 7) is 6.16. The quantitative estimate of drug-likeness (QED) is 0.703. The molecule has 1 amide bonds. The molecular formula is C21H24N4O2S. The van der Waals surface area contributed by atoms with Crippen LogP contribution in [0.25, 0.3) is 10.2 Å². The molecule has 28 heavy (non-hydrogen) atoms. The second-order valence-corrected chi connectivity index (χ2v) is 8.49. The molecule has 1 aromatic carbocycles. The molecule has 1 saturated heterocycles. The van der Waals surface area contributed by atoms with Gasteiger partial charge < -0.3 is 15.0 Å². The third-order valence-electron chi connectivity index (χ3n) is 5.18. The standard InChI is InChI=1S/C21H24N4O2S/c1-13-5-4-10-25(11-13)19-18-17(14(2)28-21(18)23-12-22-19)20(26)24-15-6-8-16(27-3)9-7-15/h6-9,12-13H,4-5,10-11H2,1-3H3,(H,24,26). The van der Waals surface area contributed by atoms with Crippen LogP contribution in [0.5, 0.6) is 5.75 Å². The van der Waals surface area contributed by atoms with Gasteiger partial charge in [-0.1, -0.05) is 6.92 Å². The summed E-state index contributed by atoms with van der Waals surface area (Å²) in [7, 11) is 1.62. The number of anilines is 2. The highest BCUT2D eigenvalue weighted by Gasteiger charge is 2.25. The Labute approximate surface area is 168 Å². The van der Waals surface area contributed by atoms with Crippen molar-refractivity contribution >= 4 is 39.0 Å². The maximum Gasteiger partial charge on any atom is 0.257 e. The topological polar surface area (TPSA) is 67.3 Å². The van der Waals surface area contributed by atoms with E-state index in [9.17, 15) is 4.79 Å². The lowest BCUT2D eigenvalue weighted by atomic mass is 10.00. The summed E-state index contributed by atoms with van der Waals surface area (Å²) in [5.41, 5.74) is 1.40. The van der Waals surface area contributed by atoms with E-state index in [0.717, 1.165) is 51.9 Å². The zero-order chi connectivity index (χ0) is 19.7. The van der Waals surface area contributed by atoms with Crippen molar-refractivity contribution in [3.05, 3.63) is 41.0 Å². The number of thiophene rings is 1. The van der Waals surface area contributed by atoms with Gasteiger partial charge in [-0.15, -0.1) is 11.3 Å². The second kappa shape index (κ2) is 7.75. The molecule has 6 nitrogen and oxygen atoms in total. The van der Waals surface area contributed by atoms with E-state index in [0.29, 0.717) is 11.5 Å². The number of ether oxygens (including phenoxy) is 1. The Bertz CT molecular complexity index is 1000. The normalized spacial score (nSPS) is 17.0. The summed E-state index contributed by atoms with van der Waals surface area (Å²) < 4.78 is 5.18. The molecule has 2 aromatic heterocycles. The summed E-state index contributed by atoms with van der Waals surface area (Å²) in [6.07, 6.45) is 3.99. The van der Waals surface area contributed by atoms with Gasteiger partial charge in [0.05, 0.1) is 18.1 Å². The molecule has 1 aliphatic heterocycles. The SMILES string of the molecule is COc1ccc(NC(=O)c2c(C)sc3ncnc(N4CCCC(C)C4)c23)cc1. The zero-order valence-electron chi connectivity index (χ0n) is 16.4. The third-order valence-corrected chi connectivity index (χ3v) is 6.19. The lowest BCUT2D eigenvalue weighted by molar-refractivity contribution is 0.102. The average molecular weight is 397 g/mol. The van der Waals surface area contributed by atoms with Crippen LogP contribution in [0.2, 0.25) is 0 Å². The lowest BCUT2D eigenvalue weighted by Crippen LogP contribution is -2.35. The molecule has 0 aliphatic carbocycles. The molecule has 0 saturated carbocycles. The van der Waals surface area contributed by atoms with Crippen molar-refractivity contribution in [1.29, 1.82) is 0 Å². The van der Waals surface area contributed by atoms with Gasteiger partial charge in [-0.3, -0.25) is 4.79 Å².